The first-order valence-corrected chi connectivity index (χ1v) is 4.40. The molecule has 0 fully saturated rings. The van der Waals surface area contributed by atoms with Crippen LogP contribution in [0.2, 0.25) is 0 Å². The lowest BCUT2D eigenvalue weighted by Gasteiger charge is -2.07. The molecule has 1 aromatic carbocycles. The lowest BCUT2D eigenvalue weighted by atomic mass is 10.1. The first-order chi connectivity index (χ1) is 6.63. The van der Waals surface area contributed by atoms with Gasteiger partial charge in [0.25, 0.3) is 0 Å². The number of carbonyl (C=O) groups is 1. The standard InChI is InChI=1S/C11H12N2O/c1-8(7-12)13-11-5-3-10(4-6-11)9(2)14/h3-6,8,13H,1-2H3. The molecule has 3 nitrogen and oxygen atoms in total. The van der Waals surface area contributed by atoms with Crippen molar-refractivity contribution in [3.8, 4) is 6.07 Å². The predicted molar refractivity (Wildman–Crippen MR) is 55.1 cm³/mol. The number of anilines is 1. The van der Waals surface area contributed by atoms with Crippen molar-refractivity contribution in [1.29, 1.82) is 5.26 Å². The average Bonchev–Trinajstić information content (AvgIpc) is 2.18. The molecule has 0 bridgehead atoms. The summed E-state index contributed by atoms with van der Waals surface area (Å²) in [7, 11) is 0. The van der Waals surface area contributed by atoms with Gasteiger partial charge in [-0.3, -0.25) is 4.79 Å². The predicted octanol–water partition coefficient (Wildman–Crippen LogP) is 2.21. The SMILES string of the molecule is CC(=O)c1ccc(NC(C)C#N)cc1. The minimum atomic E-state index is -0.224. The number of hydrogen-bond acceptors (Lipinski definition) is 3. The van der Waals surface area contributed by atoms with Crippen molar-refractivity contribution in [2.75, 3.05) is 5.32 Å². The molecule has 1 unspecified atom stereocenters. The Kier molecular flexibility index (Phi) is 3.24. The van der Waals surface area contributed by atoms with Crippen LogP contribution >= 0.6 is 0 Å². The Morgan fingerprint density at radius 3 is 2.43 bits per heavy atom. The smallest absolute Gasteiger partial charge is 0.159 e. The highest BCUT2D eigenvalue weighted by Gasteiger charge is 2.01. The highest BCUT2D eigenvalue weighted by molar-refractivity contribution is 5.94. The monoisotopic (exact) mass is 188 g/mol. The van der Waals surface area contributed by atoms with Crippen LogP contribution in [0.4, 0.5) is 5.69 Å². The topological polar surface area (TPSA) is 52.9 Å². The van der Waals surface area contributed by atoms with Gasteiger partial charge in [-0.2, -0.15) is 5.26 Å². The Hall–Kier alpha value is -1.82. The van der Waals surface area contributed by atoms with Crippen molar-refractivity contribution in [3.63, 3.8) is 0 Å². The molecule has 1 rings (SSSR count). The van der Waals surface area contributed by atoms with Gasteiger partial charge in [-0.15, -0.1) is 0 Å². The highest BCUT2D eigenvalue weighted by atomic mass is 16.1. The quantitative estimate of drug-likeness (QED) is 0.740. The number of nitriles is 1. The second kappa shape index (κ2) is 4.43. The van der Waals surface area contributed by atoms with Gasteiger partial charge in [-0.1, -0.05) is 0 Å². The molecule has 0 spiro atoms. The maximum Gasteiger partial charge on any atom is 0.159 e. The van der Waals surface area contributed by atoms with Crippen molar-refractivity contribution in [3.05, 3.63) is 29.8 Å². The van der Waals surface area contributed by atoms with Crippen LogP contribution in [-0.4, -0.2) is 11.8 Å². The number of carbonyl (C=O) groups excluding carboxylic acids is 1. The van der Waals surface area contributed by atoms with Gasteiger partial charge >= 0.3 is 0 Å². The third-order valence-corrected chi connectivity index (χ3v) is 1.87. The molecule has 1 N–H and O–H groups in total. The van der Waals surface area contributed by atoms with E-state index in [-0.39, 0.29) is 11.8 Å². The van der Waals surface area contributed by atoms with E-state index >= 15 is 0 Å². The molecule has 0 radical (unpaired) electrons. The van der Waals surface area contributed by atoms with Gasteiger partial charge in [0.2, 0.25) is 0 Å². The highest BCUT2D eigenvalue weighted by Crippen LogP contribution is 2.10. The maximum atomic E-state index is 11.0. The van der Waals surface area contributed by atoms with Crippen LogP contribution in [0, 0.1) is 11.3 Å². The summed E-state index contributed by atoms with van der Waals surface area (Å²) in [5, 5.41) is 11.6. The first-order valence-electron chi connectivity index (χ1n) is 4.40. The van der Waals surface area contributed by atoms with Crippen molar-refractivity contribution in [1.82, 2.24) is 0 Å². The van der Waals surface area contributed by atoms with Gasteiger partial charge in [-0.25, -0.2) is 0 Å². The minimum absolute atomic E-state index is 0.0462. The van der Waals surface area contributed by atoms with Gasteiger partial charge in [-0.05, 0) is 38.1 Å². The summed E-state index contributed by atoms with van der Waals surface area (Å²) in [6, 6.07) is 8.93. The normalized spacial score (nSPS) is 11.5. The van der Waals surface area contributed by atoms with Crippen LogP contribution in [0.5, 0.6) is 0 Å². The zero-order chi connectivity index (χ0) is 10.6. The molecule has 72 valence electrons. The number of Topliss-reactive ketones (excluding diaryl/α,β-unsaturated/α-hetero) is 1. The van der Waals surface area contributed by atoms with E-state index in [1.807, 2.05) is 0 Å². The fraction of sp³-hybridized carbons (Fsp3) is 0.273. The van der Waals surface area contributed by atoms with E-state index in [9.17, 15) is 4.79 Å². The van der Waals surface area contributed by atoms with Crippen LogP contribution in [0.15, 0.2) is 24.3 Å². The number of nitrogens with zero attached hydrogens (tertiary/aromatic N) is 1. The van der Waals surface area contributed by atoms with Gasteiger partial charge in [0.05, 0.1) is 6.07 Å². The largest absolute Gasteiger partial charge is 0.370 e. The Morgan fingerprint density at radius 2 is 2.00 bits per heavy atom. The van der Waals surface area contributed by atoms with Crippen LogP contribution in [0.3, 0.4) is 0 Å². The molecule has 3 heteroatoms. The Balaban J connectivity index is 2.75. The summed E-state index contributed by atoms with van der Waals surface area (Å²) in [6.07, 6.45) is 0. The van der Waals surface area contributed by atoms with Crippen molar-refractivity contribution < 1.29 is 4.79 Å². The first kappa shape index (κ1) is 10.3. The molecular formula is C11H12N2O. The van der Waals surface area contributed by atoms with Crippen molar-refractivity contribution in [2.24, 2.45) is 0 Å². The lowest BCUT2D eigenvalue weighted by Crippen LogP contribution is -2.11. The summed E-state index contributed by atoms with van der Waals surface area (Å²) in [6.45, 7) is 3.30. The van der Waals surface area contributed by atoms with E-state index in [1.165, 1.54) is 6.92 Å². The lowest BCUT2D eigenvalue weighted by molar-refractivity contribution is 0.101. The number of benzene rings is 1. The van der Waals surface area contributed by atoms with E-state index in [2.05, 4.69) is 11.4 Å². The van der Waals surface area contributed by atoms with Gasteiger partial charge in [0, 0.05) is 11.3 Å². The minimum Gasteiger partial charge on any atom is -0.370 e. The number of hydrogen-bond donors (Lipinski definition) is 1. The Morgan fingerprint density at radius 1 is 1.43 bits per heavy atom. The number of nitrogens with one attached hydrogen (secondary N) is 1. The van der Waals surface area contributed by atoms with Crippen molar-refractivity contribution >= 4 is 11.5 Å². The second-order valence-corrected chi connectivity index (χ2v) is 3.13. The molecule has 0 heterocycles. The maximum absolute atomic E-state index is 11.0. The third-order valence-electron chi connectivity index (χ3n) is 1.87. The van der Waals surface area contributed by atoms with E-state index in [0.717, 1.165) is 5.69 Å². The van der Waals surface area contributed by atoms with Crippen LogP contribution < -0.4 is 5.32 Å². The zero-order valence-corrected chi connectivity index (χ0v) is 8.24. The van der Waals surface area contributed by atoms with E-state index in [1.54, 1.807) is 31.2 Å². The molecule has 0 amide bonds. The summed E-state index contributed by atoms with van der Waals surface area (Å²) in [5.74, 6) is 0.0462. The Bertz CT molecular complexity index is 362. The number of ketones is 1. The summed E-state index contributed by atoms with van der Waals surface area (Å²) >= 11 is 0. The summed E-state index contributed by atoms with van der Waals surface area (Å²) in [4.78, 5) is 11.0. The molecule has 0 aliphatic carbocycles. The fourth-order valence-electron chi connectivity index (χ4n) is 1.08. The third kappa shape index (κ3) is 2.60. The van der Waals surface area contributed by atoms with Crippen LogP contribution in [0.1, 0.15) is 24.2 Å². The molecule has 0 aliphatic rings. The molecule has 0 aromatic heterocycles. The van der Waals surface area contributed by atoms with Crippen molar-refractivity contribution in [2.45, 2.75) is 19.9 Å². The second-order valence-electron chi connectivity index (χ2n) is 3.13. The summed E-state index contributed by atoms with van der Waals surface area (Å²) < 4.78 is 0. The van der Waals surface area contributed by atoms with E-state index in [0.29, 0.717) is 5.56 Å². The molecule has 14 heavy (non-hydrogen) atoms. The van der Waals surface area contributed by atoms with Crippen LogP contribution in [-0.2, 0) is 0 Å². The van der Waals surface area contributed by atoms with Gasteiger partial charge in [0.1, 0.15) is 6.04 Å². The molecule has 0 aliphatic heterocycles. The molecular weight excluding hydrogens is 176 g/mol. The fourth-order valence-corrected chi connectivity index (χ4v) is 1.08. The summed E-state index contributed by atoms with van der Waals surface area (Å²) in [5.41, 5.74) is 1.53. The van der Waals surface area contributed by atoms with Gasteiger partial charge < -0.3 is 5.32 Å². The van der Waals surface area contributed by atoms with E-state index < -0.39 is 0 Å². The molecule has 1 aromatic rings. The molecule has 0 saturated heterocycles. The van der Waals surface area contributed by atoms with Crippen LogP contribution in [0.25, 0.3) is 0 Å². The van der Waals surface area contributed by atoms with Gasteiger partial charge in [0.15, 0.2) is 5.78 Å². The zero-order valence-electron chi connectivity index (χ0n) is 8.24. The number of rotatable bonds is 3. The Labute approximate surface area is 83.4 Å². The molecule has 1 atom stereocenters. The van der Waals surface area contributed by atoms with E-state index in [4.69, 9.17) is 5.26 Å². The molecule has 0 saturated carbocycles. The average molecular weight is 188 g/mol.